The van der Waals surface area contributed by atoms with Crippen LogP contribution in [-0.4, -0.2) is 14.5 Å². The SMILES string of the molecule is Cn1cc(CN)c2c(C3CCCC3)ncnc21. The van der Waals surface area contributed by atoms with E-state index in [9.17, 15) is 0 Å². The molecule has 0 aromatic carbocycles. The molecule has 0 aliphatic heterocycles. The van der Waals surface area contributed by atoms with Crippen LogP contribution in [0.1, 0.15) is 42.9 Å². The van der Waals surface area contributed by atoms with Gasteiger partial charge in [-0.1, -0.05) is 12.8 Å². The van der Waals surface area contributed by atoms with Gasteiger partial charge in [-0.2, -0.15) is 0 Å². The molecule has 4 heteroatoms. The van der Waals surface area contributed by atoms with Crippen LogP contribution in [0.5, 0.6) is 0 Å². The van der Waals surface area contributed by atoms with Gasteiger partial charge in [0.2, 0.25) is 0 Å². The van der Waals surface area contributed by atoms with E-state index in [1.165, 1.54) is 42.3 Å². The van der Waals surface area contributed by atoms with Crippen LogP contribution in [0.25, 0.3) is 11.0 Å². The Labute approximate surface area is 101 Å². The average molecular weight is 230 g/mol. The molecule has 1 aliphatic carbocycles. The number of hydrogen-bond acceptors (Lipinski definition) is 3. The molecule has 1 saturated carbocycles. The van der Waals surface area contributed by atoms with Crippen molar-refractivity contribution in [2.75, 3.05) is 0 Å². The van der Waals surface area contributed by atoms with E-state index in [2.05, 4.69) is 20.7 Å². The predicted molar refractivity (Wildman–Crippen MR) is 67.6 cm³/mol. The van der Waals surface area contributed by atoms with Crippen LogP contribution >= 0.6 is 0 Å². The first kappa shape index (κ1) is 10.7. The molecule has 2 aromatic heterocycles. The molecule has 2 heterocycles. The van der Waals surface area contributed by atoms with Gasteiger partial charge >= 0.3 is 0 Å². The number of nitrogens with zero attached hydrogens (tertiary/aromatic N) is 3. The van der Waals surface area contributed by atoms with Crippen LogP contribution in [0, 0.1) is 0 Å². The summed E-state index contributed by atoms with van der Waals surface area (Å²) < 4.78 is 2.05. The van der Waals surface area contributed by atoms with Crippen molar-refractivity contribution in [2.24, 2.45) is 12.8 Å². The summed E-state index contributed by atoms with van der Waals surface area (Å²) in [7, 11) is 2.02. The Hall–Kier alpha value is -1.42. The summed E-state index contributed by atoms with van der Waals surface area (Å²) in [4.78, 5) is 8.91. The molecule has 0 bridgehead atoms. The predicted octanol–water partition coefficient (Wildman–Crippen LogP) is 2.08. The Morgan fingerprint density at radius 3 is 2.82 bits per heavy atom. The molecule has 0 atom stereocenters. The van der Waals surface area contributed by atoms with Crippen LogP contribution in [0.4, 0.5) is 0 Å². The van der Waals surface area contributed by atoms with Crippen molar-refractivity contribution in [3.8, 4) is 0 Å². The lowest BCUT2D eigenvalue weighted by atomic mass is 9.99. The van der Waals surface area contributed by atoms with Gasteiger partial charge in [0.15, 0.2) is 0 Å². The summed E-state index contributed by atoms with van der Waals surface area (Å²) >= 11 is 0. The van der Waals surface area contributed by atoms with Crippen molar-refractivity contribution >= 4 is 11.0 Å². The summed E-state index contributed by atoms with van der Waals surface area (Å²) in [5.41, 5.74) is 9.23. The van der Waals surface area contributed by atoms with E-state index in [-0.39, 0.29) is 0 Å². The molecule has 1 fully saturated rings. The molecule has 0 spiro atoms. The van der Waals surface area contributed by atoms with Gasteiger partial charge in [0.05, 0.1) is 5.69 Å². The highest BCUT2D eigenvalue weighted by Crippen LogP contribution is 2.37. The van der Waals surface area contributed by atoms with Crippen LogP contribution in [0.15, 0.2) is 12.5 Å². The van der Waals surface area contributed by atoms with Crippen molar-refractivity contribution in [3.05, 3.63) is 23.8 Å². The highest BCUT2D eigenvalue weighted by Gasteiger charge is 2.23. The summed E-state index contributed by atoms with van der Waals surface area (Å²) in [6, 6.07) is 0. The van der Waals surface area contributed by atoms with Crippen LogP contribution in [-0.2, 0) is 13.6 Å². The number of hydrogen-bond donors (Lipinski definition) is 1. The first-order chi connectivity index (χ1) is 8.31. The average Bonchev–Trinajstić information content (AvgIpc) is 2.97. The van der Waals surface area contributed by atoms with Gasteiger partial charge in [0, 0.05) is 31.1 Å². The van der Waals surface area contributed by atoms with E-state index in [1.54, 1.807) is 6.33 Å². The summed E-state index contributed by atoms with van der Waals surface area (Å²) in [6.07, 6.45) is 8.92. The molecule has 1 aliphatic rings. The minimum Gasteiger partial charge on any atom is -0.335 e. The number of fused-ring (bicyclic) bond motifs is 1. The fourth-order valence-electron chi connectivity index (χ4n) is 2.99. The van der Waals surface area contributed by atoms with Gasteiger partial charge in [0.1, 0.15) is 12.0 Å². The van der Waals surface area contributed by atoms with E-state index in [0.717, 1.165) is 5.65 Å². The third-order valence-electron chi connectivity index (χ3n) is 3.82. The molecule has 0 saturated heterocycles. The Morgan fingerprint density at radius 1 is 1.35 bits per heavy atom. The molecule has 2 N–H and O–H groups in total. The van der Waals surface area contributed by atoms with Crippen molar-refractivity contribution in [2.45, 2.75) is 38.1 Å². The Bertz CT molecular complexity index is 538. The van der Waals surface area contributed by atoms with Crippen LogP contribution in [0.3, 0.4) is 0 Å². The molecule has 0 amide bonds. The molecule has 2 aromatic rings. The fourth-order valence-corrected chi connectivity index (χ4v) is 2.99. The van der Waals surface area contributed by atoms with E-state index in [4.69, 9.17) is 5.73 Å². The van der Waals surface area contributed by atoms with Gasteiger partial charge in [-0.3, -0.25) is 0 Å². The lowest BCUT2D eigenvalue weighted by molar-refractivity contribution is 0.701. The third kappa shape index (κ3) is 1.63. The van der Waals surface area contributed by atoms with Gasteiger partial charge in [-0.25, -0.2) is 9.97 Å². The van der Waals surface area contributed by atoms with Gasteiger partial charge in [0.25, 0.3) is 0 Å². The quantitative estimate of drug-likeness (QED) is 0.859. The van der Waals surface area contributed by atoms with E-state index < -0.39 is 0 Å². The normalized spacial score (nSPS) is 17.1. The molecule has 4 nitrogen and oxygen atoms in total. The molecule has 17 heavy (non-hydrogen) atoms. The minimum atomic E-state index is 0.560. The molecule has 90 valence electrons. The second-order valence-corrected chi connectivity index (χ2v) is 4.91. The van der Waals surface area contributed by atoms with Crippen molar-refractivity contribution in [3.63, 3.8) is 0 Å². The fraction of sp³-hybridized carbons (Fsp3) is 0.538. The second-order valence-electron chi connectivity index (χ2n) is 4.91. The van der Waals surface area contributed by atoms with Crippen LogP contribution < -0.4 is 5.73 Å². The van der Waals surface area contributed by atoms with Crippen molar-refractivity contribution in [1.29, 1.82) is 0 Å². The van der Waals surface area contributed by atoms with Crippen LogP contribution in [0.2, 0.25) is 0 Å². The Balaban J connectivity index is 2.22. The minimum absolute atomic E-state index is 0.560. The first-order valence-electron chi connectivity index (χ1n) is 6.30. The second kappa shape index (κ2) is 4.11. The van der Waals surface area contributed by atoms with E-state index >= 15 is 0 Å². The van der Waals surface area contributed by atoms with Gasteiger partial charge in [-0.15, -0.1) is 0 Å². The summed E-state index contributed by atoms with van der Waals surface area (Å²) in [5.74, 6) is 0.605. The molecular formula is C13H18N4. The molecule has 3 rings (SSSR count). The maximum Gasteiger partial charge on any atom is 0.143 e. The van der Waals surface area contributed by atoms with Crippen molar-refractivity contribution in [1.82, 2.24) is 14.5 Å². The number of aryl methyl sites for hydroxylation is 1. The standard InChI is InChI=1S/C13H18N4/c1-17-7-10(6-14)11-12(9-4-2-3-5-9)15-8-16-13(11)17/h7-9H,2-6,14H2,1H3. The first-order valence-corrected chi connectivity index (χ1v) is 6.30. The van der Waals surface area contributed by atoms with E-state index in [1.807, 2.05) is 7.05 Å². The Kier molecular flexibility index (Phi) is 2.59. The summed E-state index contributed by atoms with van der Waals surface area (Å²) in [6.45, 7) is 0.560. The third-order valence-corrected chi connectivity index (χ3v) is 3.82. The van der Waals surface area contributed by atoms with E-state index in [0.29, 0.717) is 12.5 Å². The van der Waals surface area contributed by atoms with Crippen molar-refractivity contribution < 1.29 is 0 Å². The smallest absolute Gasteiger partial charge is 0.143 e. The molecule has 0 unspecified atom stereocenters. The monoisotopic (exact) mass is 230 g/mol. The zero-order valence-corrected chi connectivity index (χ0v) is 10.2. The Morgan fingerprint density at radius 2 is 2.12 bits per heavy atom. The topological polar surface area (TPSA) is 56.7 Å². The number of rotatable bonds is 2. The number of nitrogens with two attached hydrogens (primary N) is 1. The lowest BCUT2D eigenvalue weighted by Crippen LogP contribution is -2.02. The van der Waals surface area contributed by atoms with Gasteiger partial charge < -0.3 is 10.3 Å². The highest BCUT2D eigenvalue weighted by molar-refractivity contribution is 5.83. The molecule has 0 radical (unpaired) electrons. The largest absolute Gasteiger partial charge is 0.335 e. The van der Waals surface area contributed by atoms with Gasteiger partial charge in [-0.05, 0) is 18.4 Å². The lowest BCUT2D eigenvalue weighted by Gasteiger charge is -2.10. The maximum absolute atomic E-state index is 5.83. The number of aromatic nitrogens is 3. The molecular weight excluding hydrogens is 212 g/mol. The highest BCUT2D eigenvalue weighted by atomic mass is 15.0. The maximum atomic E-state index is 5.83. The summed E-state index contributed by atoms with van der Waals surface area (Å²) in [5, 5.41) is 1.20. The zero-order chi connectivity index (χ0) is 11.8. The zero-order valence-electron chi connectivity index (χ0n) is 10.2.